The van der Waals surface area contributed by atoms with E-state index in [0.29, 0.717) is 27.9 Å². The molecule has 2 nitrogen and oxygen atoms in total. The second-order valence-electron chi connectivity index (χ2n) is 3.49. The molecule has 94 valence electrons. The number of hydrogen-bond acceptors (Lipinski definition) is 3. The van der Waals surface area contributed by atoms with Crippen LogP contribution in [0.25, 0.3) is 0 Å². The standard InChI is InChI=1S/C12H9BrClNOS2/c13-9-3-4-18-11(9)6-16-10-5-7(14)1-2-8(10)12(15)17/h1-5H,6H2,(H2,15,17). The molecule has 0 fully saturated rings. The highest BCUT2D eigenvalue weighted by atomic mass is 79.9. The van der Waals surface area contributed by atoms with Gasteiger partial charge in [0.15, 0.2) is 0 Å². The number of ether oxygens (including phenoxy) is 1. The van der Waals surface area contributed by atoms with E-state index in [2.05, 4.69) is 15.9 Å². The van der Waals surface area contributed by atoms with Crippen LogP contribution in [0, 0.1) is 0 Å². The van der Waals surface area contributed by atoms with Crippen LogP contribution < -0.4 is 10.5 Å². The van der Waals surface area contributed by atoms with Crippen molar-refractivity contribution in [1.29, 1.82) is 0 Å². The van der Waals surface area contributed by atoms with Crippen molar-refractivity contribution in [2.45, 2.75) is 6.61 Å². The maximum absolute atomic E-state index is 5.94. The zero-order valence-corrected chi connectivity index (χ0v) is 13.1. The summed E-state index contributed by atoms with van der Waals surface area (Å²) < 4.78 is 6.77. The van der Waals surface area contributed by atoms with Crippen LogP contribution in [0.4, 0.5) is 0 Å². The average molecular weight is 363 g/mol. The molecule has 1 heterocycles. The fourth-order valence-corrected chi connectivity index (χ4v) is 3.10. The molecular formula is C12H9BrClNOS2. The van der Waals surface area contributed by atoms with E-state index in [4.69, 9.17) is 34.3 Å². The van der Waals surface area contributed by atoms with Gasteiger partial charge in [-0.1, -0.05) is 23.8 Å². The minimum absolute atomic E-state index is 0.298. The molecule has 2 rings (SSSR count). The zero-order valence-electron chi connectivity index (χ0n) is 9.15. The SMILES string of the molecule is NC(=S)c1ccc(Cl)cc1OCc1sccc1Br. The second-order valence-corrected chi connectivity index (χ2v) is 6.22. The highest BCUT2D eigenvalue weighted by Gasteiger charge is 2.09. The van der Waals surface area contributed by atoms with Crippen molar-refractivity contribution in [2.75, 3.05) is 0 Å². The maximum Gasteiger partial charge on any atom is 0.131 e. The van der Waals surface area contributed by atoms with Gasteiger partial charge in [0, 0.05) is 9.50 Å². The van der Waals surface area contributed by atoms with Gasteiger partial charge in [0.25, 0.3) is 0 Å². The Morgan fingerprint density at radius 2 is 2.22 bits per heavy atom. The molecule has 0 spiro atoms. The van der Waals surface area contributed by atoms with E-state index in [0.717, 1.165) is 9.35 Å². The molecule has 6 heteroatoms. The molecule has 0 aliphatic carbocycles. The molecule has 2 aromatic rings. The predicted molar refractivity (Wildman–Crippen MR) is 83.7 cm³/mol. The van der Waals surface area contributed by atoms with Gasteiger partial charge in [0.2, 0.25) is 0 Å². The molecule has 0 saturated heterocycles. The van der Waals surface area contributed by atoms with Crippen molar-refractivity contribution in [2.24, 2.45) is 5.73 Å². The minimum Gasteiger partial charge on any atom is -0.487 e. The number of benzene rings is 1. The quantitative estimate of drug-likeness (QED) is 0.820. The molecular weight excluding hydrogens is 354 g/mol. The zero-order chi connectivity index (χ0) is 13.1. The van der Waals surface area contributed by atoms with Crippen molar-refractivity contribution in [1.82, 2.24) is 0 Å². The topological polar surface area (TPSA) is 35.2 Å². The minimum atomic E-state index is 0.298. The summed E-state index contributed by atoms with van der Waals surface area (Å²) in [5, 5.41) is 2.59. The number of nitrogens with two attached hydrogens (primary N) is 1. The smallest absolute Gasteiger partial charge is 0.131 e. The molecule has 1 aromatic carbocycles. The number of thiophene rings is 1. The lowest BCUT2D eigenvalue weighted by molar-refractivity contribution is 0.308. The van der Waals surface area contributed by atoms with Crippen LogP contribution in [0.1, 0.15) is 10.4 Å². The van der Waals surface area contributed by atoms with E-state index in [-0.39, 0.29) is 0 Å². The van der Waals surface area contributed by atoms with Gasteiger partial charge in [0.1, 0.15) is 17.3 Å². The average Bonchev–Trinajstić information content (AvgIpc) is 2.72. The van der Waals surface area contributed by atoms with Gasteiger partial charge in [-0.2, -0.15) is 0 Å². The lowest BCUT2D eigenvalue weighted by atomic mass is 10.2. The maximum atomic E-state index is 5.94. The summed E-state index contributed by atoms with van der Waals surface area (Å²) in [5.41, 5.74) is 6.34. The lowest BCUT2D eigenvalue weighted by Gasteiger charge is -2.10. The highest BCUT2D eigenvalue weighted by Crippen LogP contribution is 2.27. The Bertz CT molecular complexity index is 585. The van der Waals surface area contributed by atoms with Gasteiger partial charge in [-0.3, -0.25) is 0 Å². The fourth-order valence-electron chi connectivity index (χ4n) is 1.39. The number of halogens is 2. The Labute approximate surface area is 128 Å². The third-order valence-electron chi connectivity index (χ3n) is 2.26. The van der Waals surface area contributed by atoms with Crippen LogP contribution in [-0.4, -0.2) is 4.99 Å². The summed E-state index contributed by atoms with van der Waals surface area (Å²) >= 11 is 16.0. The molecule has 0 unspecified atom stereocenters. The molecule has 0 aliphatic heterocycles. The largest absolute Gasteiger partial charge is 0.487 e. The van der Waals surface area contributed by atoms with Gasteiger partial charge < -0.3 is 10.5 Å². The first kappa shape index (κ1) is 13.8. The van der Waals surface area contributed by atoms with Crippen LogP contribution in [0.3, 0.4) is 0 Å². The van der Waals surface area contributed by atoms with Gasteiger partial charge in [-0.05, 0) is 45.6 Å². The van der Waals surface area contributed by atoms with Crippen LogP contribution in [0.15, 0.2) is 34.1 Å². The van der Waals surface area contributed by atoms with E-state index in [1.807, 2.05) is 11.4 Å². The number of hydrogen-bond donors (Lipinski definition) is 1. The molecule has 0 bridgehead atoms. The van der Waals surface area contributed by atoms with Crippen LogP contribution in [0.5, 0.6) is 5.75 Å². The predicted octanol–water partition coefficient (Wildman–Crippen LogP) is 4.38. The Morgan fingerprint density at radius 1 is 1.44 bits per heavy atom. The van der Waals surface area contributed by atoms with Crippen LogP contribution in [-0.2, 0) is 6.61 Å². The lowest BCUT2D eigenvalue weighted by Crippen LogP contribution is -2.11. The third-order valence-corrected chi connectivity index (χ3v) is 4.61. The summed E-state index contributed by atoms with van der Waals surface area (Å²) in [6, 6.07) is 7.21. The van der Waals surface area contributed by atoms with Crippen molar-refractivity contribution >= 4 is 56.1 Å². The van der Waals surface area contributed by atoms with Crippen molar-refractivity contribution in [3.8, 4) is 5.75 Å². The third kappa shape index (κ3) is 3.23. The van der Waals surface area contributed by atoms with Gasteiger partial charge >= 0.3 is 0 Å². The molecule has 0 atom stereocenters. The molecule has 1 aromatic heterocycles. The number of thiocarbonyl (C=S) groups is 1. The summed E-state index contributed by atoms with van der Waals surface area (Å²) in [6.07, 6.45) is 0. The Hall–Kier alpha value is -0.620. The van der Waals surface area contributed by atoms with Crippen molar-refractivity contribution in [3.63, 3.8) is 0 Å². The van der Waals surface area contributed by atoms with E-state index < -0.39 is 0 Å². The number of rotatable bonds is 4. The Balaban J connectivity index is 2.20. The van der Waals surface area contributed by atoms with E-state index in [9.17, 15) is 0 Å². The molecule has 2 N–H and O–H groups in total. The Kier molecular flexibility index (Phi) is 4.61. The molecule has 0 aliphatic rings. The summed E-state index contributed by atoms with van der Waals surface area (Å²) in [5.74, 6) is 0.607. The monoisotopic (exact) mass is 361 g/mol. The molecule has 0 saturated carbocycles. The Morgan fingerprint density at radius 3 is 2.83 bits per heavy atom. The van der Waals surface area contributed by atoms with Gasteiger partial charge in [-0.25, -0.2) is 0 Å². The second kappa shape index (κ2) is 6.02. The normalized spacial score (nSPS) is 10.3. The summed E-state index contributed by atoms with van der Waals surface area (Å²) in [6.45, 7) is 0.453. The first-order valence-corrected chi connectivity index (χ1v) is 7.48. The first-order chi connectivity index (χ1) is 8.58. The van der Waals surface area contributed by atoms with Crippen LogP contribution in [0.2, 0.25) is 5.02 Å². The van der Waals surface area contributed by atoms with Crippen molar-refractivity contribution < 1.29 is 4.74 Å². The van der Waals surface area contributed by atoms with E-state index >= 15 is 0 Å². The molecule has 0 amide bonds. The van der Waals surface area contributed by atoms with Crippen molar-refractivity contribution in [3.05, 3.63) is 49.6 Å². The molecule has 18 heavy (non-hydrogen) atoms. The fraction of sp³-hybridized carbons (Fsp3) is 0.0833. The van der Waals surface area contributed by atoms with Gasteiger partial charge in [0.05, 0.1) is 10.4 Å². The highest BCUT2D eigenvalue weighted by molar-refractivity contribution is 9.10. The van der Waals surface area contributed by atoms with Crippen LogP contribution >= 0.6 is 51.1 Å². The molecule has 0 radical (unpaired) electrons. The van der Waals surface area contributed by atoms with E-state index in [1.54, 1.807) is 29.5 Å². The first-order valence-electron chi connectivity index (χ1n) is 5.02. The summed E-state index contributed by atoms with van der Waals surface area (Å²) in [4.78, 5) is 1.40. The summed E-state index contributed by atoms with van der Waals surface area (Å²) in [7, 11) is 0. The van der Waals surface area contributed by atoms with E-state index in [1.165, 1.54) is 0 Å². The van der Waals surface area contributed by atoms with Gasteiger partial charge in [-0.15, -0.1) is 11.3 Å².